The van der Waals surface area contributed by atoms with E-state index in [0.29, 0.717) is 18.9 Å². The lowest BCUT2D eigenvalue weighted by Crippen LogP contribution is -2.36. The zero-order valence-electron chi connectivity index (χ0n) is 17.6. The zero-order chi connectivity index (χ0) is 22.3. The summed E-state index contributed by atoms with van der Waals surface area (Å²) in [5, 5.41) is 1.52. The van der Waals surface area contributed by atoms with Crippen LogP contribution in [0.15, 0.2) is 91.6 Å². The molecule has 7 heteroatoms. The third-order valence-corrected chi connectivity index (χ3v) is 5.44. The average molecular weight is 429 g/mol. The Morgan fingerprint density at radius 3 is 1.81 bits per heavy atom. The standard InChI is InChI=1S/C25H25FN6/c26-22-8-5-18(6-9-22)24(21-7-10-23(31-17-21)32(28)14-11-27)25(19-3-1-12-29-15-19)20-4-2-13-30-16-20/h1-10,12-13,15-17,24-25H,11,14,27-28H2. The summed E-state index contributed by atoms with van der Waals surface area (Å²) in [5.41, 5.74) is 9.60. The van der Waals surface area contributed by atoms with Crippen molar-refractivity contribution in [2.75, 3.05) is 18.1 Å². The molecule has 0 aliphatic carbocycles. The Morgan fingerprint density at radius 1 is 0.750 bits per heavy atom. The molecule has 1 unspecified atom stereocenters. The van der Waals surface area contributed by atoms with E-state index in [1.807, 2.05) is 67.1 Å². The highest BCUT2D eigenvalue weighted by Crippen LogP contribution is 2.42. The molecule has 0 spiro atoms. The van der Waals surface area contributed by atoms with Gasteiger partial charge >= 0.3 is 0 Å². The van der Waals surface area contributed by atoms with Gasteiger partial charge in [-0.15, -0.1) is 0 Å². The molecule has 0 aliphatic rings. The number of anilines is 1. The second-order valence-electron chi connectivity index (χ2n) is 7.51. The van der Waals surface area contributed by atoms with Gasteiger partial charge in [0.15, 0.2) is 0 Å². The molecule has 0 saturated heterocycles. The van der Waals surface area contributed by atoms with Crippen LogP contribution in [-0.4, -0.2) is 28.0 Å². The number of nitrogens with two attached hydrogens (primary N) is 2. The Balaban J connectivity index is 1.85. The molecule has 0 radical (unpaired) electrons. The maximum atomic E-state index is 13.8. The van der Waals surface area contributed by atoms with Gasteiger partial charge in [-0.3, -0.25) is 15.0 Å². The minimum Gasteiger partial charge on any atom is -0.329 e. The summed E-state index contributed by atoms with van der Waals surface area (Å²) in [6, 6.07) is 18.4. The molecule has 0 bridgehead atoms. The molecular weight excluding hydrogens is 403 g/mol. The molecule has 162 valence electrons. The second-order valence-corrected chi connectivity index (χ2v) is 7.51. The first-order valence-corrected chi connectivity index (χ1v) is 10.4. The highest BCUT2D eigenvalue weighted by molar-refractivity contribution is 5.45. The number of hydrogen-bond donors (Lipinski definition) is 2. The maximum Gasteiger partial charge on any atom is 0.142 e. The van der Waals surface area contributed by atoms with Crippen LogP contribution < -0.4 is 16.6 Å². The minimum atomic E-state index is -0.277. The van der Waals surface area contributed by atoms with Crippen molar-refractivity contribution in [3.05, 3.63) is 120 Å². The van der Waals surface area contributed by atoms with E-state index in [-0.39, 0.29) is 17.7 Å². The van der Waals surface area contributed by atoms with E-state index in [2.05, 4.69) is 15.0 Å². The number of nitrogens with zero attached hydrogens (tertiary/aromatic N) is 4. The highest BCUT2D eigenvalue weighted by atomic mass is 19.1. The third-order valence-electron chi connectivity index (χ3n) is 5.44. The molecule has 4 aromatic rings. The predicted molar refractivity (Wildman–Crippen MR) is 123 cm³/mol. The largest absolute Gasteiger partial charge is 0.329 e. The summed E-state index contributed by atoms with van der Waals surface area (Å²) >= 11 is 0. The zero-order valence-corrected chi connectivity index (χ0v) is 17.6. The Kier molecular flexibility index (Phi) is 6.79. The van der Waals surface area contributed by atoms with Gasteiger partial charge in [-0.2, -0.15) is 0 Å². The first kappa shape index (κ1) is 21.5. The minimum absolute atomic E-state index is 0.103. The van der Waals surface area contributed by atoms with E-state index in [1.54, 1.807) is 12.4 Å². The summed E-state index contributed by atoms with van der Waals surface area (Å²) in [6.07, 6.45) is 9.04. The fourth-order valence-electron chi connectivity index (χ4n) is 3.95. The van der Waals surface area contributed by atoms with Gasteiger partial charge in [0.2, 0.25) is 0 Å². The van der Waals surface area contributed by atoms with Crippen LogP contribution in [0.2, 0.25) is 0 Å². The van der Waals surface area contributed by atoms with Gasteiger partial charge in [-0.1, -0.05) is 30.3 Å². The molecule has 3 aromatic heterocycles. The van der Waals surface area contributed by atoms with Crippen molar-refractivity contribution in [3.63, 3.8) is 0 Å². The summed E-state index contributed by atoms with van der Waals surface area (Å²) in [5.74, 6) is 6.14. The van der Waals surface area contributed by atoms with Crippen LogP contribution in [0.25, 0.3) is 0 Å². The number of benzene rings is 1. The number of aromatic nitrogens is 3. The molecule has 0 fully saturated rings. The first-order valence-electron chi connectivity index (χ1n) is 10.4. The van der Waals surface area contributed by atoms with Gasteiger partial charge in [0.1, 0.15) is 11.6 Å². The van der Waals surface area contributed by atoms with Crippen LogP contribution >= 0.6 is 0 Å². The van der Waals surface area contributed by atoms with Crippen LogP contribution in [0.1, 0.15) is 34.1 Å². The Morgan fingerprint density at radius 2 is 1.31 bits per heavy atom. The van der Waals surface area contributed by atoms with E-state index < -0.39 is 0 Å². The van der Waals surface area contributed by atoms with Crippen LogP contribution in [0, 0.1) is 5.82 Å². The second kappa shape index (κ2) is 10.1. The van der Waals surface area contributed by atoms with Crippen molar-refractivity contribution >= 4 is 5.82 Å². The SMILES string of the molecule is NCCN(N)c1ccc(C(c2ccc(F)cc2)C(c2cccnc2)c2cccnc2)cn1. The molecule has 4 N–H and O–H groups in total. The first-order chi connectivity index (χ1) is 15.7. The monoisotopic (exact) mass is 428 g/mol. The Labute approximate surface area is 186 Å². The summed E-state index contributed by atoms with van der Waals surface area (Å²) in [6.45, 7) is 0.934. The van der Waals surface area contributed by atoms with E-state index >= 15 is 0 Å². The molecule has 0 saturated carbocycles. The van der Waals surface area contributed by atoms with E-state index in [0.717, 1.165) is 22.3 Å². The molecule has 4 rings (SSSR count). The number of halogens is 1. The lowest BCUT2D eigenvalue weighted by Gasteiger charge is -2.29. The smallest absolute Gasteiger partial charge is 0.142 e. The number of pyridine rings is 3. The van der Waals surface area contributed by atoms with Crippen molar-refractivity contribution in [2.45, 2.75) is 11.8 Å². The van der Waals surface area contributed by atoms with Gasteiger partial charge in [0, 0.05) is 55.9 Å². The lowest BCUT2D eigenvalue weighted by molar-refractivity contribution is 0.623. The van der Waals surface area contributed by atoms with Crippen molar-refractivity contribution < 1.29 is 4.39 Å². The molecule has 1 atom stereocenters. The van der Waals surface area contributed by atoms with Crippen molar-refractivity contribution in [3.8, 4) is 0 Å². The number of hydrogen-bond acceptors (Lipinski definition) is 6. The van der Waals surface area contributed by atoms with Gasteiger partial charge in [-0.05, 0) is 52.6 Å². The fourth-order valence-corrected chi connectivity index (χ4v) is 3.95. The van der Waals surface area contributed by atoms with Crippen LogP contribution in [-0.2, 0) is 0 Å². The van der Waals surface area contributed by atoms with E-state index in [9.17, 15) is 4.39 Å². The predicted octanol–water partition coefficient (Wildman–Crippen LogP) is 3.61. The summed E-state index contributed by atoms with van der Waals surface area (Å²) in [4.78, 5) is 13.3. The average Bonchev–Trinajstić information content (AvgIpc) is 2.85. The normalized spacial score (nSPS) is 12.0. The Bertz CT molecular complexity index is 1070. The van der Waals surface area contributed by atoms with Gasteiger partial charge < -0.3 is 5.73 Å². The quantitative estimate of drug-likeness (QED) is 0.329. The highest BCUT2D eigenvalue weighted by Gasteiger charge is 2.29. The fraction of sp³-hybridized carbons (Fsp3) is 0.160. The van der Waals surface area contributed by atoms with Crippen LogP contribution in [0.5, 0.6) is 0 Å². The summed E-state index contributed by atoms with van der Waals surface area (Å²) < 4.78 is 13.8. The molecule has 0 amide bonds. The van der Waals surface area contributed by atoms with Crippen LogP contribution in [0.3, 0.4) is 0 Å². The molecule has 3 heterocycles. The van der Waals surface area contributed by atoms with E-state index in [4.69, 9.17) is 11.6 Å². The maximum absolute atomic E-state index is 13.8. The molecule has 1 aromatic carbocycles. The molecule has 0 aliphatic heterocycles. The Hall–Kier alpha value is -3.68. The molecule has 6 nitrogen and oxygen atoms in total. The van der Waals surface area contributed by atoms with Gasteiger partial charge in [0.25, 0.3) is 0 Å². The lowest BCUT2D eigenvalue weighted by atomic mass is 9.75. The molecule has 32 heavy (non-hydrogen) atoms. The van der Waals surface area contributed by atoms with E-state index in [1.165, 1.54) is 17.1 Å². The van der Waals surface area contributed by atoms with Crippen molar-refractivity contribution in [1.29, 1.82) is 0 Å². The summed E-state index contributed by atoms with van der Waals surface area (Å²) in [7, 11) is 0. The van der Waals surface area contributed by atoms with Crippen molar-refractivity contribution in [2.24, 2.45) is 11.6 Å². The number of hydrazine groups is 1. The number of rotatable bonds is 8. The van der Waals surface area contributed by atoms with Gasteiger partial charge in [0.05, 0.1) is 0 Å². The van der Waals surface area contributed by atoms with Gasteiger partial charge in [-0.25, -0.2) is 15.2 Å². The van der Waals surface area contributed by atoms with Crippen LogP contribution in [0.4, 0.5) is 10.2 Å². The molecular formula is C25H25FN6. The third kappa shape index (κ3) is 4.80. The topological polar surface area (TPSA) is 94.0 Å². The van der Waals surface area contributed by atoms with Crippen molar-refractivity contribution in [1.82, 2.24) is 15.0 Å².